The number of nitroso groups, excluding NO2 is 1. The Morgan fingerprint density at radius 3 is 2.00 bits per heavy atom. The summed E-state index contributed by atoms with van der Waals surface area (Å²) in [6, 6.07) is 5.02. The lowest BCUT2D eigenvalue weighted by Gasteiger charge is -1.96. The monoisotopic (exact) mass is 206 g/mol. The molecule has 6 nitrogen and oxygen atoms in total. The van der Waals surface area contributed by atoms with Crippen molar-refractivity contribution < 1.29 is 15.0 Å². The van der Waals surface area contributed by atoms with Crippen molar-refractivity contribution in [2.45, 2.75) is 0 Å². The molecule has 2 N–H and O–H groups in total. The van der Waals surface area contributed by atoms with Gasteiger partial charge in [0.1, 0.15) is 0 Å². The molecule has 1 aromatic heterocycles. The second-order valence-corrected chi connectivity index (χ2v) is 2.90. The fourth-order valence-electron chi connectivity index (χ4n) is 1.44. The molecule has 1 heterocycles. The smallest absolute Gasteiger partial charge is 0.394 e. The van der Waals surface area contributed by atoms with E-state index in [1.165, 1.54) is 12.1 Å². The minimum absolute atomic E-state index is 0.284. The molecule has 0 bridgehead atoms. The van der Waals surface area contributed by atoms with Crippen LogP contribution in [0.25, 0.3) is 10.8 Å². The number of rotatable bonds is 0. The first kappa shape index (κ1) is 9.20. The highest BCUT2D eigenvalue weighted by atomic mass is 16.3. The van der Waals surface area contributed by atoms with Crippen LogP contribution in [0.3, 0.4) is 0 Å². The maximum absolute atomic E-state index is 11.0. The number of amides is 1. The Labute approximate surface area is 83.3 Å². The van der Waals surface area contributed by atoms with Gasteiger partial charge in [-0.25, -0.2) is 4.79 Å². The third-order valence-corrected chi connectivity index (χ3v) is 2.10. The Balaban J connectivity index is 2.86. The predicted octanol–water partition coefficient (Wildman–Crippen LogP) is 1.79. The molecule has 0 aliphatic heterocycles. The van der Waals surface area contributed by atoms with Crippen molar-refractivity contribution >= 4 is 16.8 Å². The van der Waals surface area contributed by atoms with Gasteiger partial charge in [0.25, 0.3) is 0 Å². The Bertz CT molecular complexity index is 519. The maximum atomic E-state index is 11.0. The zero-order chi connectivity index (χ0) is 11.0. The third-order valence-electron chi connectivity index (χ3n) is 2.10. The number of hydrogen-bond acceptors (Lipinski definition) is 4. The van der Waals surface area contributed by atoms with E-state index in [4.69, 9.17) is 0 Å². The standard InChI is InChI=1S/C9H6N2O4/c12-7-5-3-1-2-4-6(5)8(13)11(7)9(14)10-15/h1-4,12-13H. The fraction of sp³-hybridized carbons (Fsp3) is 0. The molecule has 2 aromatic rings. The van der Waals surface area contributed by atoms with Gasteiger partial charge in [-0.05, 0) is 12.1 Å². The van der Waals surface area contributed by atoms with Crippen molar-refractivity contribution in [1.29, 1.82) is 0 Å². The van der Waals surface area contributed by atoms with Gasteiger partial charge in [-0.2, -0.15) is 4.57 Å². The molecule has 0 saturated heterocycles. The summed E-state index contributed by atoms with van der Waals surface area (Å²) in [6.07, 6.45) is 0. The highest BCUT2D eigenvalue weighted by Crippen LogP contribution is 2.35. The zero-order valence-corrected chi connectivity index (χ0v) is 7.41. The molecule has 1 aromatic carbocycles. The van der Waals surface area contributed by atoms with E-state index in [1.807, 2.05) is 0 Å². The number of carbonyl (C=O) groups is 1. The van der Waals surface area contributed by atoms with Crippen molar-refractivity contribution in [2.24, 2.45) is 5.18 Å². The second kappa shape index (κ2) is 3.09. The predicted molar refractivity (Wildman–Crippen MR) is 51.9 cm³/mol. The molecule has 0 atom stereocenters. The molecular formula is C9H6N2O4. The van der Waals surface area contributed by atoms with Crippen LogP contribution in [0.4, 0.5) is 4.79 Å². The maximum Gasteiger partial charge on any atom is 0.394 e. The van der Waals surface area contributed by atoms with Gasteiger partial charge in [0, 0.05) is 15.9 Å². The van der Waals surface area contributed by atoms with Gasteiger partial charge in [0.05, 0.1) is 0 Å². The first-order valence-corrected chi connectivity index (χ1v) is 4.06. The fourth-order valence-corrected chi connectivity index (χ4v) is 1.44. The SMILES string of the molecule is O=NC(=O)n1c(O)c2ccccc2c1O. The summed E-state index contributed by atoms with van der Waals surface area (Å²) in [5.74, 6) is -0.986. The first-order valence-electron chi connectivity index (χ1n) is 4.06. The molecule has 0 spiro atoms. The van der Waals surface area contributed by atoms with E-state index in [-0.39, 0.29) is 10.8 Å². The minimum atomic E-state index is -1.26. The van der Waals surface area contributed by atoms with Crippen molar-refractivity contribution in [3.8, 4) is 11.8 Å². The van der Waals surface area contributed by atoms with Gasteiger partial charge < -0.3 is 10.2 Å². The molecule has 15 heavy (non-hydrogen) atoms. The molecule has 6 heteroatoms. The summed E-state index contributed by atoms with van der Waals surface area (Å²) in [4.78, 5) is 21.0. The molecule has 0 saturated carbocycles. The normalized spacial score (nSPS) is 10.4. The van der Waals surface area contributed by atoms with Crippen LogP contribution >= 0.6 is 0 Å². The second-order valence-electron chi connectivity index (χ2n) is 2.90. The van der Waals surface area contributed by atoms with Crippen molar-refractivity contribution in [1.82, 2.24) is 4.57 Å². The highest BCUT2D eigenvalue weighted by molar-refractivity contribution is 5.98. The number of aromatic nitrogens is 1. The van der Waals surface area contributed by atoms with Crippen molar-refractivity contribution in [3.05, 3.63) is 29.2 Å². The van der Waals surface area contributed by atoms with Gasteiger partial charge in [0.2, 0.25) is 11.8 Å². The molecule has 0 aliphatic carbocycles. The van der Waals surface area contributed by atoms with Crippen LogP contribution in [0.5, 0.6) is 11.8 Å². The van der Waals surface area contributed by atoms with E-state index in [9.17, 15) is 19.9 Å². The number of fused-ring (bicyclic) bond motifs is 1. The molecule has 2 rings (SSSR count). The number of aromatic hydroxyl groups is 2. The lowest BCUT2D eigenvalue weighted by Crippen LogP contribution is -2.03. The Hall–Kier alpha value is -2.37. The highest BCUT2D eigenvalue weighted by Gasteiger charge is 2.20. The summed E-state index contributed by atoms with van der Waals surface area (Å²) >= 11 is 0. The number of hydrogen-bond donors (Lipinski definition) is 2. The van der Waals surface area contributed by atoms with E-state index < -0.39 is 17.8 Å². The quantitative estimate of drug-likeness (QED) is 0.642. The van der Waals surface area contributed by atoms with Gasteiger partial charge in [-0.15, -0.1) is 4.91 Å². The zero-order valence-electron chi connectivity index (χ0n) is 7.41. The van der Waals surface area contributed by atoms with E-state index in [0.717, 1.165) is 0 Å². The summed E-state index contributed by atoms with van der Waals surface area (Å²) < 4.78 is 0.456. The van der Waals surface area contributed by atoms with Crippen molar-refractivity contribution in [3.63, 3.8) is 0 Å². The van der Waals surface area contributed by atoms with Crippen LogP contribution in [-0.4, -0.2) is 20.8 Å². The molecular weight excluding hydrogens is 200 g/mol. The largest absolute Gasteiger partial charge is 0.494 e. The van der Waals surface area contributed by atoms with E-state index in [1.54, 1.807) is 12.1 Å². The van der Waals surface area contributed by atoms with Gasteiger partial charge in [0.15, 0.2) is 0 Å². The van der Waals surface area contributed by atoms with E-state index >= 15 is 0 Å². The topological polar surface area (TPSA) is 91.9 Å². The molecule has 0 aliphatic rings. The third kappa shape index (κ3) is 1.15. The average Bonchev–Trinajstić information content (AvgIpc) is 2.52. The average molecular weight is 206 g/mol. The van der Waals surface area contributed by atoms with Crippen molar-refractivity contribution in [2.75, 3.05) is 0 Å². The van der Waals surface area contributed by atoms with Crippen LogP contribution in [0.2, 0.25) is 0 Å². The van der Waals surface area contributed by atoms with E-state index in [0.29, 0.717) is 4.57 Å². The van der Waals surface area contributed by atoms with Gasteiger partial charge >= 0.3 is 6.03 Å². The first-order chi connectivity index (χ1) is 7.16. The Morgan fingerprint density at radius 2 is 1.60 bits per heavy atom. The van der Waals surface area contributed by atoms with Gasteiger partial charge in [-0.3, -0.25) is 0 Å². The molecule has 0 unspecified atom stereocenters. The molecule has 1 amide bonds. The summed E-state index contributed by atoms with van der Waals surface area (Å²) in [7, 11) is 0. The number of carbonyl (C=O) groups excluding carboxylic acids is 1. The van der Waals surface area contributed by atoms with Crippen LogP contribution in [0.15, 0.2) is 29.4 Å². The minimum Gasteiger partial charge on any atom is -0.494 e. The summed E-state index contributed by atoms with van der Waals surface area (Å²) in [5.41, 5.74) is 0. The summed E-state index contributed by atoms with van der Waals surface area (Å²) in [6.45, 7) is 0. The van der Waals surface area contributed by atoms with Crippen LogP contribution in [-0.2, 0) is 0 Å². The number of benzene rings is 1. The van der Waals surface area contributed by atoms with Crippen LogP contribution in [0, 0.1) is 4.91 Å². The van der Waals surface area contributed by atoms with Gasteiger partial charge in [-0.1, -0.05) is 12.1 Å². The molecule has 0 radical (unpaired) electrons. The molecule has 76 valence electrons. The Kier molecular flexibility index (Phi) is 1.89. The molecule has 0 fully saturated rings. The summed E-state index contributed by atoms with van der Waals surface area (Å²) in [5, 5.41) is 21.8. The van der Waals surface area contributed by atoms with E-state index in [2.05, 4.69) is 5.18 Å². The van der Waals surface area contributed by atoms with Crippen LogP contribution < -0.4 is 0 Å². The Morgan fingerprint density at radius 1 is 1.13 bits per heavy atom. The lowest BCUT2D eigenvalue weighted by atomic mass is 10.2. The van der Waals surface area contributed by atoms with Crippen LogP contribution in [0.1, 0.15) is 0 Å². The lowest BCUT2D eigenvalue weighted by molar-refractivity contribution is 0.244. The number of nitrogens with zero attached hydrogens (tertiary/aromatic N) is 2.